The maximum absolute atomic E-state index is 10.7. The Bertz CT molecular complexity index is 404. The molecule has 86 valence electrons. The summed E-state index contributed by atoms with van der Waals surface area (Å²) in [6.07, 6.45) is 0.0204. The van der Waals surface area contributed by atoms with E-state index in [4.69, 9.17) is 9.84 Å². The summed E-state index contributed by atoms with van der Waals surface area (Å²) in [6.45, 7) is 1.15. The minimum Gasteiger partial charge on any atom is -0.484 e. The number of halogens is 1. The molecule has 0 amide bonds. The Balaban J connectivity index is 2.09. The van der Waals surface area contributed by atoms with Crippen molar-refractivity contribution < 1.29 is 14.6 Å². The summed E-state index contributed by atoms with van der Waals surface area (Å²) >= 11 is 3.35. The SMILES string of the molecule is O=C(O)CC1(Oc2cccc(Br)c2)CNC1. The Morgan fingerprint density at radius 2 is 2.31 bits per heavy atom. The Morgan fingerprint density at radius 1 is 1.56 bits per heavy atom. The number of carboxylic acids is 1. The van der Waals surface area contributed by atoms with E-state index >= 15 is 0 Å². The molecule has 2 rings (SSSR count). The highest BCUT2D eigenvalue weighted by atomic mass is 79.9. The third kappa shape index (κ3) is 2.54. The highest BCUT2D eigenvalue weighted by molar-refractivity contribution is 9.10. The van der Waals surface area contributed by atoms with Crippen LogP contribution in [0.15, 0.2) is 28.7 Å². The second-order valence-electron chi connectivity index (χ2n) is 3.92. The molecule has 0 spiro atoms. The Morgan fingerprint density at radius 3 is 2.81 bits per heavy atom. The summed E-state index contributed by atoms with van der Waals surface area (Å²) in [5.41, 5.74) is -0.591. The van der Waals surface area contributed by atoms with Gasteiger partial charge in [-0.05, 0) is 18.2 Å². The van der Waals surface area contributed by atoms with Crippen LogP contribution in [-0.4, -0.2) is 29.8 Å². The fraction of sp³-hybridized carbons (Fsp3) is 0.364. The molecule has 0 aromatic heterocycles. The molecule has 1 aromatic rings. The molecule has 1 heterocycles. The van der Waals surface area contributed by atoms with Crippen molar-refractivity contribution in [3.8, 4) is 5.75 Å². The maximum Gasteiger partial charge on any atom is 0.307 e. The van der Waals surface area contributed by atoms with Crippen molar-refractivity contribution in [2.75, 3.05) is 13.1 Å². The lowest BCUT2D eigenvalue weighted by Gasteiger charge is -2.41. The molecule has 1 saturated heterocycles. The molecule has 2 N–H and O–H groups in total. The molecule has 4 nitrogen and oxygen atoms in total. The molecule has 0 saturated carbocycles. The van der Waals surface area contributed by atoms with Gasteiger partial charge in [-0.3, -0.25) is 4.79 Å². The highest BCUT2D eigenvalue weighted by Gasteiger charge is 2.41. The van der Waals surface area contributed by atoms with Crippen LogP contribution in [0.25, 0.3) is 0 Å². The van der Waals surface area contributed by atoms with Gasteiger partial charge in [0, 0.05) is 17.6 Å². The second kappa shape index (κ2) is 4.43. The third-order valence-electron chi connectivity index (χ3n) is 2.50. The van der Waals surface area contributed by atoms with Crippen molar-refractivity contribution >= 4 is 21.9 Å². The lowest BCUT2D eigenvalue weighted by molar-refractivity contribution is -0.143. The van der Waals surface area contributed by atoms with Crippen LogP contribution in [0.2, 0.25) is 0 Å². The van der Waals surface area contributed by atoms with Crippen LogP contribution in [0.5, 0.6) is 5.75 Å². The van der Waals surface area contributed by atoms with Gasteiger partial charge in [0.2, 0.25) is 0 Å². The summed E-state index contributed by atoms with van der Waals surface area (Å²) in [4.78, 5) is 10.7. The summed E-state index contributed by atoms with van der Waals surface area (Å²) in [6, 6.07) is 7.42. The van der Waals surface area contributed by atoms with Crippen molar-refractivity contribution in [2.24, 2.45) is 0 Å². The molecule has 1 fully saturated rings. The molecule has 1 aromatic carbocycles. The van der Waals surface area contributed by atoms with Gasteiger partial charge in [-0.2, -0.15) is 0 Å². The zero-order valence-electron chi connectivity index (χ0n) is 8.57. The lowest BCUT2D eigenvalue weighted by Crippen LogP contribution is -2.64. The van der Waals surface area contributed by atoms with Crippen LogP contribution < -0.4 is 10.1 Å². The first-order valence-electron chi connectivity index (χ1n) is 4.97. The second-order valence-corrected chi connectivity index (χ2v) is 4.83. The van der Waals surface area contributed by atoms with E-state index in [0.29, 0.717) is 18.8 Å². The van der Waals surface area contributed by atoms with E-state index in [1.807, 2.05) is 24.3 Å². The normalized spacial score (nSPS) is 17.6. The van der Waals surface area contributed by atoms with E-state index < -0.39 is 11.6 Å². The van der Waals surface area contributed by atoms with Gasteiger partial charge in [-0.1, -0.05) is 22.0 Å². The van der Waals surface area contributed by atoms with Crippen LogP contribution in [0, 0.1) is 0 Å². The molecule has 1 aliphatic rings. The minimum absolute atomic E-state index is 0.0204. The van der Waals surface area contributed by atoms with Crippen LogP contribution in [0.1, 0.15) is 6.42 Å². The Kier molecular flexibility index (Phi) is 3.16. The number of hydrogen-bond acceptors (Lipinski definition) is 3. The fourth-order valence-corrected chi connectivity index (χ4v) is 2.07. The smallest absolute Gasteiger partial charge is 0.307 e. The number of aliphatic carboxylic acids is 1. The molecule has 0 bridgehead atoms. The Hall–Kier alpha value is -1.07. The zero-order valence-corrected chi connectivity index (χ0v) is 10.2. The topological polar surface area (TPSA) is 58.6 Å². The number of carbonyl (C=O) groups is 1. The number of hydrogen-bond donors (Lipinski definition) is 2. The van der Waals surface area contributed by atoms with Crippen molar-refractivity contribution in [2.45, 2.75) is 12.0 Å². The largest absolute Gasteiger partial charge is 0.484 e. The maximum atomic E-state index is 10.7. The standard InChI is InChI=1S/C11H12BrNO3/c12-8-2-1-3-9(4-8)16-11(5-10(14)15)6-13-7-11/h1-4,13H,5-7H2,(H,14,15). The van der Waals surface area contributed by atoms with E-state index in [1.165, 1.54) is 0 Å². The van der Waals surface area contributed by atoms with Gasteiger partial charge in [0.05, 0.1) is 6.42 Å². The molecule has 5 heteroatoms. The number of ether oxygens (including phenoxy) is 1. The van der Waals surface area contributed by atoms with Crippen LogP contribution in [0.4, 0.5) is 0 Å². The van der Waals surface area contributed by atoms with E-state index in [-0.39, 0.29) is 6.42 Å². The molecule has 1 aliphatic heterocycles. The van der Waals surface area contributed by atoms with Gasteiger partial charge >= 0.3 is 5.97 Å². The van der Waals surface area contributed by atoms with Crippen LogP contribution in [0.3, 0.4) is 0 Å². The molecular weight excluding hydrogens is 274 g/mol. The van der Waals surface area contributed by atoms with Gasteiger partial charge in [-0.15, -0.1) is 0 Å². The quantitative estimate of drug-likeness (QED) is 0.883. The van der Waals surface area contributed by atoms with Crippen molar-refractivity contribution in [3.05, 3.63) is 28.7 Å². The first kappa shape index (κ1) is 11.4. The number of nitrogens with one attached hydrogen (secondary N) is 1. The van der Waals surface area contributed by atoms with Gasteiger partial charge < -0.3 is 15.2 Å². The van der Waals surface area contributed by atoms with Crippen molar-refractivity contribution in [1.29, 1.82) is 0 Å². The predicted octanol–water partition coefficient (Wildman–Crippen LogP) is 1.64. The molecule has 16 heavy (non-hydrogen) atoms. The predicted molar refractivity (Wildman–Crippen MR) is 62.6 cm³/mol. The Labute approximate surface area is 102 Å². The third-order valence-corrected chi connectivity index (χ3v) is 2.99. The first-order chi connectivity index (χ1) is 7.60. The van der Waals surface area contributed by atoms with Crippen molar-refractivity contribution in [3.63, 3.8) is 0 Å². The average molecular weight is 286 g/mol. The number of rotatable bonds is 4. The first-order valence-corrected chi connectivity index (χ1v) is 5.76. The van der Waals surface area contributed by atoms with Gasteiger partial charge in [-0.25, -0.2) is 0 Å². The zero-order chi connectivity index (χ0) is 11.6. The number of benzene rings is 1. The van der Waals surface area contributed by atoms with E-state index in [2.05, 4.69) is 21.2 Å². The average Bonchev–Trinajstić information content (AvgIpc) is 2.13. The van der Waals surface area contributed by atoms with E-state index in [0.717, 1.165) is 4.47 Å². The highest BCUT2D eigenvalue weighted by Crippen LogP contribution is 2.27. The molecule has 0 radical (unpaired) electrons. The van der Waals surface area contributed by atoms with E-state index in [1.54, 1.807) is 0 Å². The molecule has 0 atom stereocenters. The lowest BCUT2D eigenvalue weighted by atomic mass is 9.92. The van der Waals surface area contributed by atoms with Crippen molar-refractivity contribution in [1.82, 2.24) is 5.32 Å². The summed E-state index contributed by atoms with van der Waals surface area (Å²) in [5.74, 6) is -0.145. The summed E-state index contributed by atoms with van der Waals surface area (Å²) in [7, 11) is 0. The fourth-order valence-electron chi connectivity index (χ4n) is 1.69. The van der Waals surface area contributed by atoms with Crippen LogP contribution >= 0.6 is 15.9 Å². The minimum atomic E-state index is -0.837. The summed E-state index contributed by atoms with van der Waals surface area (Å²) in [5, 5.41) is 11.9. The summed E-state index contributed by atoms with van der Waals surface area (Å²) < 4.78 is 6.68. The van der Waals surface area contributed by atoms with Crippen LogP contribution in [-0.2, 0) is 4.79 Å². The van der Waals surface area contributed by atoms with Gasteiger partial charge in [0.15, 0.2) is 0 Å². The monoisotopic (exact) mass is 285 g/mol. The van der Waals surface area contributed by atoms with E-state index in [9.17, 15) is 4.79 Å². The molecule has 0 aliphatic carbocycles. The molecule has 0 unspecified atom stereocenters. The number of carboxylic acid groups (broad SMARTS) is 1. The molecular formula is C11H12BrNO3. The van der Waals surface area contributed by atoms with Gasteiger partial charge in [0.25, 0.3) is 0 Å². The van der Waals surface area contributed by atoms with Gasteiger partial charge in [0.1, 0.15) is 11.4 Å².